The Morgan fingerprint density at radius 3 is 2.53 bits per heavy atom. The highest BCUT2D eigenvalue weighted by Crippen LogP contribution is 2.13. The van der Waals surface area contributed by atoms with Crippen molar-refractivity contribution in [2.45, 2.75) is 19.4 Å². The number of aliphatic hydroxyl groups is 1. The summed E-state index contributed by atoms with van der Waals surface area (Å²) in [7, 11) is 1.57. The molecule has 0 aliphatic rings. The average Bonchev–Trinajstić information content (AvgIpc) is 2.30. The smallest absolute Gasteiger partial charge is 0.0890 e. The van der Waals surface area contributed by atoms with Gasteiger partial charge >= 0.3 is 0 Å². The number of rotatable bonds is 4. The molecule has 0 aliphatic heterocycles. The zero-order valence-electron chi connectivity index (χ0n) is 10.1. The molecule has 0 aliphatic carbocycles. The van der Waals surface area contributed by atoms with Crippen molar-refractivity contribution in [3.63, 3.8) is 0 Å². The lowest BCUT2D eigenvalue weighted by Gasteiger charge is -2.11. The first-order chi connectivity index (χ1) is 8.20. The molecule has 0 saturated heterocycles. The van der Waals surface area contributed by atoms with Crippen LogP contribution >= 0.6 is 0 Å². The second kappa shape index (κ2) is 5.21. The molecular formula is C13H16N2O2. The summed E-state index contributed by atoms with van der Waals surface area (Å²) in [6.07, 6.45) is -0.0634. The number of nitrogens with zero attached hydrogens (tertiary/aromatic N) is 2. The van der Waals surface area contributed by atoms with Crippen LogP contribution in [0.3, 0.4) is 0 Å². The minimum absolute atomic E-state index is 0.313. The molecule has 2 rings (SSSR count). The van der Waals surface area contributed by atoms with Crippen molar-refractivity contribution in [2.24, 2.45) is 0 Å². The minimum Gasteiger partial charge on any atom is -0.390 e. The Balaban J connectivity index is 2.31. The molecule has 0 saturated carbocycles. The summed E-state index contributed by atoms with van der Waals surface area (Å²) in [4.78, 5) is 8.99. The van der Waals surface area contributed by atoms with Gasteiger partial charge in [0, 0.05) is 13.5 Å². The van der Waals surface area contributed by atoms with Gasteiger partial charge in [0.15, 0.2) is 0 Å². The highest BCUT2D eigenvalue weighted by molar-refractivity contribution is 5.74. The lowest BCUT2D eigenvalue weighted by Crippen LogP contribution is -2.18. The number of hydrogen-bond acceptors (Lipinski definition) is 4. The molecule has 4 heteroatoms. The summed E-state index contributed by atoms with van der Waals surface area (Å²) >= 11 is 0. The predicted octanol–water partition coefficient (Wildman–Crippen LogP) is 1.49. The van der Waals surface area contributed by atoms with Crippen LogP contribution in [0.2, 0.25) is 0 Å². The Hall–Kier alpha value is -1.52. The third-order valence-electron chi connectivity index (χ3n) is 2.63. The number of aromatic nitrogens is 2. The van der Waals surface area contributed by atoms with Gasteiger partial charge in [-0.2, -0.15) is 0 Å². The van der Waals surface area contributed by atoms with Gasteiger partial charge in [-0.15, -0.1) is 0 Å². The molecule has 0 radical (unpaired) electrons. The fraction of sp³-hybridized carbons (Fsp3) is 0.385. The molecular weight excluding hydrogens is 216 g/mol. The fourth-order valence-electron chi connectivity index (χ4n) is 1.79. The van der Waals surface area contributed by atoms with Crippen molar-refractivity contribution in [1.82, 2.24) is 9.97 Å². The molecule has 1 heterocycles. The summed E-state index contributed by atoms with van der Waals surface area (Å²) in [5.74, 6) is 0. The Labute approximate surface area is 100 Å². The molecule has 2 aromatic rings. The number of para-hydroxylation sites is 2. The van der Waals surface area contributed by atoms with Crippen LogP contribution in [0, 0.1) is 6.92 Å². The van der Waals surface area contributed by atoms with Gasteiger partial charge in [0.1, 0.15) is 0 Å². The van der Waals surface area contributed by atoms with Gasteiger partial charge in [-0.1, -0.05) is 12.1 Å². The largest absolute Gasteiger partial charge is 0.390 e. The maximum atomic E-state index is 9.71. The minimum atomic E-state index is -0.533. The first-order valence-electron chi connectivity index (χ1n) is 5.60. The highest BCUT2D eigenvalue weighted by Gasteiger charge is 2.10. The van der Waals surface area contributed by atoms with Gasteiger partial charge in [-0.3, -0.25) is 0 Å². The topological polar surface area (TPSA) is 55.2 Å². The van der Waals surface area contributed by atoms with E-state index in [1.54, 1.807) is 7.11 Å². The summed E-state index contributed by atoms with van der Waals surface area (Å²) in [5, 5.41) is 9.71. The second-order valence-electron chi connectivity index (χ2n) is 4.06. The molecule has 0 bridgehead atoms. The maximum Gasteiger partial charge on any atom is 0.0890 e. The van der Waals surface area contributed by atoms with Gasteiger partial charge in [0.2, 0.25) is 0 Å². The third kappa shape index (κ3) is 2.78. The summed E-state index contributed by atoms with van der Waals surface area (Å²) in [5.41, 5.74) is 3.43. The van der Waals surface area contributed by atoms with Crippen LogP contribution in [-0.2, 0) is 11.2 Å². The summed E-state index contributed by atoms with van der Waals surface area (Å²) < 4.78 is 4.90. The second-order valence-corrected chi connectivity index (χ2v) is 4.06. The van der Waals surface area contributed by atoms with E-state index in [9.17, 15) is 5.11 Å². The number of aryl methyl sites for hydroxylation is 1. The molecule has 1 atom stereocenters. The van der Waals surface area contributed by atoms with E-state index in [2.05, 4.69) is 9.97 Å². The predicted molar refractivity (Wildman–Crippen MR) is 65.9 cm³/mol. The molecule has 90 valence electrons. The van der Waals surface area contributed by atoms with Crippen LogP contribution in [0.15, 0.2) is 24.3 Å². The van der Waals surface area contributed by atoms with Crippen LogP contribution in [0.25, 0.3) is 11.0 Å². The Kier molecular flexibility index (Phi) is 3.66. The average molecular weight is 232 g/mol. The van der Waals surface area contributed by atoms with Crippen LogP contribution in [-0.4, -0.2) is 34.9 Å². The van der Waals surface area contributed by atoms with Crippen molar-refractivity contribution in [3.05, 3.63) is 35.7 Å². The van der Waals surface area contributed by atoms with Gasteiger partial charge in [0.25, 0.3) is 0 Å². The molecule has 0 amide bonds. The molecule has 0 fully saturated rings. The first-order valence-corrected chi connectivity index (χ1v) is 5.60. The van der Waals surface area contributed by atoms with Gasteiger partial charge in [-0.25, -0.2) is 9.97 Å². The van der Waals surface area contributed by atoms with E-state index in [0.717, 1.165) is 22.4 Å². The lowest BCUT2D eigenvalue weighted by atomic mass is 10.1. The van der Waals surface area contributed by atoms with Crippen LogP contribution in [0.1, 0.15) is 11.4 Å². The van der Waals surface area contributed by atoms with Gasteiger partial charge in [-0.05, 0) is 19.1 Å². The van der Waals surface area contributed by atoms with Crippen molar-refractivity contribution < 1.29 is 9.84 Å². The number of aliphatic hydroxyl groups excluding tert-OH is 1. The normalized spacial score (nSPS) is 12.9. The monoisotopic (exact) mass is 232 g/mol. The highest BCUT2D eigenvalue weighted by atomic mass is 16.5. The lowest BCUT2D eigenvalue weighted by molar-refractivity contribution is 0.0643. The number of hydrogen-bond donors (Lipinski definition) is 1. The fourth-order valence-corrected chi connectivity index (χ4v) is 1.79. The van der Waals surface area contributed by atoms with Crippen molar-refractivity contribution in [2.75, 3.05) is 13.7 Å². The Bertz CT molecular complexity index is 514. The van der Waals surface area contributed by atoms with Crippen LogP contribution in [0.5, 0.6) is 0 Å². The van der Waals surface area contributed by atoms with Crippen molar-refractivity contribution in [1.29, 1.82) is 0 Å². The molecule has 4 nitrogen and oxygen atoms in total. The van der Waals surface area contributed by atoms with E-state index in [1.165, 1.54) is 0 Å². The quantitative estimate of drug-likeness (QED) is 0.867. The van der Waals surface area contributed by atoms with E-state index in [4.69, 9.17) is 4.74 Å². The number of ether oxygens (including phenoxy) is 1. The molecule has 1 aromatic carbocycles. The third-order valence-corrected chi connectivity index (χ3v) is 2.63. The maximum absolute atomic E-state index is 9.71. The van der Waals surface area contributed by atoms with E-state index < -0.39 is 6.10 Å². The summed E-state index contributed by atoms with van der Waals surface area (Å²) in [6.45, 7) is 2.22. The van der Waals surface area contributed by atoms with E-state index >= 15 is 0 Å². The number of benzene rings is 1. The van der Waals surface area contributed by atoms with Crippen molar-refractivity contribution in [3.8, 4) is 0 Å². The molecule has 17 heavy (non-hydrogen) atoms. The molecule has 1 unspecified atom stereocenters. The van der Waals surface area contributed by atoms with Gasteiger partial charge < -0.3 is 9.84 Å². The zero-order valence-corrected chi connectivity index (χ0v) is 10.1. The standard InChI is InChI=1S/C13H16N2O2/c1-9-13(7-10(16)8-17-2)15-12-6-4-3-5-11(12)14-9/h3-6,10,16H,7-8H2,1-2H3. The number of methoxy groups -OCH3 is 1. The summed E-state index contributed by atoms with van der Waals surface area (Å²) in [6, 6.07) is 7.73. The van der Waals surface area contributed by atoms with Gasteiger partial charge in [0.05, 0.1) is 35.1 Å². The van der Waals surface area contributed by atoms with E-state index in [-0.39, 0.29) is 0 Å². The Morgan fingerprint density at radius 1 is 1.24 bits per heavy atom. The number of fused-ring (bicyclic) bond motifs is 1. The zero-order chi connectivity index (χ0) is 12.3. The molecule has 0 spiro atoms. The first kappa shape index (κ1) is 12.0. The molecule has 1 N–H and O–H groups in total. The molecule has 1 aromatic heterocycles. The van der Waals surface area contributed by atoms with Crippen molar-refractivity contribution >= 4 is 11.0 Å². The van der Waals surface area contributed by atoms with E-state index in [0.29, 0.717) is 13.0 Å². The van der Waals surface area contributed by atoms with Crippen LogP contribution < -0.4 is 0 Å². The SMILES string of the molecule is COCC(O)Cc1nc2ccccc2nc1C. The van der Waals surface area contributed by atoms with Crippen LogP contribution in [0.4, 0.5) is 0 Å². The Morgan fingerprint density at radius 2 is 1.88 bits per heavy atom. The van der Waals surface area contributed by atoms with E-state index in [1.807, 2.05) is 31.2 Å².